The number of hydrogen-bond donors (Lipinski definition) is 0. The predicted octanol–water partition coefficient (Wildman–Crippen LogP) is 11.9. The van der Waals surface area contributed by atoms with Gasteiger partial charge in [0.2, 0.25) is 0 Å². The van der Waals surface area contributed by atoms with Crippen molar-refractivity contribution < 1.29 is 0 Å². The highest BCUT2D eigenvalue weighted by Crippen LogP contribution is 2.51. The second kappa shape index (κ2) is 8.90. The van der Waals surface area contributed by atoms with Crippen LogP contribution in [0.1, 0.15) is 25.0 Å². The summed E-state index contributed by atoms with van der Waals surface area (Å²) >= 11 is 0. The molecule has 0 fully saturated rings. The van der Waals surface area contributed by atoms with Crippen molar-refractivity contribution in [3.05, 3.63) is 157 Å². The standard InChI is InChI=1S/C43H30/c1-43(2)39-20-9-8-16-33(39)35-24-25-36(34-19-11-21-40(43)42(34)35)41-30-15-7-6-14-28(30)26-38-31-18-10-17-29(27-12-4-3-5-13-27)32(31)22-23-37(38)41/h3-26H,1-2H3. The van der Waals surface area contributed by atoms with Crippen LogP contribution in [-0.4, -0.2) is 0 Å². The van der Waals surface area contributed by atoms with E-state index < -0.39 is 0 Å². The highest BCUT2D eigenvalue weighted by Gasteiger charge is 2.33. The molecule has 0 heterocycles. The van der Waals surface area contributed by atoms with Crippen LogP contribution in [-0.2, 0) is 5.41 Å². The van der Waals surface area contributed by atoms with Crippen LogP contribution in [0.3, 0.4) is 0 Å². The summed E-state index contributed by atoms with van der Waals surface area (Å²) in [5.41, 5.74) is 10.6. The molecule has 0 bridgehead atoms. The Labute approximate surface area is 251 Å². The van der Waals surface area contributed by atoms with Gasteiger partial charge < -0.3 is 0 Å². The lowest BCUT2D eigenvalue weighted by atomic mass is 9.68. The van der Waals surface area contributed by atoms with E-state index in [9.17, 15) is 0 Å². The zero-order valence-electron chi connectivity index (χ0n) is 24.4. The lowest BCUT2D eigenvalue weighted by Gasteiger charge is -2.35. The van der Waals surface area contributed by atoms with Crippen molar-refractivity contribution in [3.63, 3.8) is 0 Å². The van der Waals surface area contributed by atoms with Crippen LogP contribution < -0.4 is 0 Å². The molecule has 1 aliphatic carbocycles. The highest BCUT2D eigenvalue weighted by atomic mass is 14.4. The first-order valence-electron chi connectivity index (χ1n) is 15.2. The molecule has 0 spiro atoms. The van der Waals surface area contributed by atoms with Gasteiger partial charge in [0.25, 0.3) is 0 Å². The van der Waals surface area contributed by atoms with Gasteiger partial charge >= 0.3 is 0 Å². The fraction of sp³-hybridized carbons (Fsp3) is 0.0698. The number of benzene rings is 8. The van der Waals surface area contributed by atoms with Gasteiger partial charge in [0.05, 0.1) is 0 Å². The molecule has 1 aliphatic rings. The summed E-state index contributed by atoms with van der Waals surface area (Å²) in [6.45, 7) is 4.75. The summed E-state index contributed by atoms with van der Waals surface area (Å²) < 4.78 is 0. The number of rotatable bonds is 2. The van der Waals surface area contributed by atoms with E-state index >= 15 is 0 Å². The predicted molar refractivity (Wildman–Crippen MR) is 185 cm³/mol. The lowest BCUT2D eigenvalue weighted by Crippen LogP contribution is -2.23. The van der Waals surface area contributed by atoms with E-state index in [1.54, 1.807) is 0 Å². The molecule has 8 aromatic rings. The van der Waals surface area contributed by atoms with Crippen LogP contribution >= 0.6 is 0 Å². The third-order valence-corrected chi connectivity index (χ3v) is 9.86. The molecular formula is C43H30. The minimum Gasteiger partial charge on any atom is -0.0622 e. The van der Waals surface area contributed by atoms with E-state index in [2.05, 4.69) is 159 Å². The third kappa shape index (κ3) is 3.38. The van der Waals surface area contributed by atoms with Crippen LogP contribution in [0.4, 0.5) is 0 Å². The Balaban J connectivity index is 1.41. The molecule has 9 rings (SSSR count). The molecule has 0 saturated heterocycles. The van der Waals surface area contributed by atoms with Gasteiger partial charge in [-0.3, -0.25) is 0 Å². The molecular weight excluding hydrogens is 516 g/mol. The second-order valence-corrected chi connectivity index (χ2v) is 12.5. The maximum Gasteiger partial charge on any atom is 0.0159 e. The van der Waals surface area contributed by atoms with Gasteiger partial charge in [-0.2, -0.15) is 0 Å². The number of hydrogen-bond acceptors (Lipinski definition) is 0. The summed E-state index contributed by atoms with van der Waals surface area (Å²) in [7, 11) is 0. The molecule has 0 nitrogen and oxygen atoms in total. The summed E-state index contributed by atoms with van der Waals surface area (Å²) in [5, 5.41) is 10.5. The molecule has 0 radical (unpaired) electrons. The van der Waals surface area contributed by atoms with Crippen molar-refractivity contribution in [3.8, 4) is 33.4 Å². The Hall–Kier alpha value is -5.20. The van der Waals surface area contributed by atoms with Gasteiger partial charge in [-0.15, -0.1) is 0 Å². The minimum atomic E-state index is -0.0768. The molecule has 0 aromatic heterocycles. The highest BCUT2D eigenvalue weighted by molar-refractivity contribution is 6.24. The summed E-state index contributed by atoms with van der Waals surface area (Å²) in [6.07, 6.45) is 0. The minimum absolute atomic E-state index is 0.0768. The van der Waals surface area contributed by atoms with Gasteiger partial charge in [0, 0.05) is 5.41 Å². The Bertz CT molecular complexity index is 2410. The van der Waals surface area contributed by atoms with E-state index in [0.717, 1.165) is 0 Å². The molecule has 0 atom stereocenters. The molecule has 0 amide bonds. The van der Waals surface area contributed by atoms with E-state index in [0.29, 0.717) is 0 Å². The summed E-state index contributed by atoms with van der Waals surface area (Å²) in [4.78, 5) is 0. The Morgan fingerprint density at radius 2 is 1.02 bits per heavy atom. The maximum absolute atomic E-state index is 2.40. The van der Waals surface area contributed by atoms with Crippen molar-refractivity contribution in [2.45, 2.75) is 19.3 Å². The maximum atomic E-state index is 2.40. The van der Waals surface area contributed by atoms with Crippen LogP contribution in [0.25, 0.3) is 76.5 Å². The first-order chi connectivity index (χ1) is 21.1. The second-order valence-electron chi connectivity index (χ2n) is 12.5. The van der Waals surface area contributed by atoms with E-state index in [1.807, 2.05) is 0 Å². The zero-order chi connectivity index (χ0) is 28.7. The molecule has 202 valence electrons. The van der Waals surface area contributed by atoms with Crippen molar-refractivity contribution in [2.24, 2.45) is 0 Å². The van der Waals surface area contributed by atoms with Crippen molar-refractivity contribution in [2.75, 3.05) is 0 Å². The summed E-state index contributed by atoms with van der Waals surface area (Å²) in [6, 6.07) is 54.1. The van der Waals surface area contributed by atoms with Gasteiger partial charge in [-0.1, -0.05) is 153 Å². The molecule has 0 aliphatic heterocycles. The normalized spacial score (nSPS) is 13.5. The topological polar surface area (TPSA) is 0 Å². The first-order valence-corrected chi connectivity index (χ1v) is 15.2. The Morgan fingerprint density at radius 3 is 1.93 bits per heavy atom. The number of fused-ring (bicyclic) bond motifs is 6. The van der Waals surface area contributed by atoms with Gasteiger partial charge in [0.15, 0.2) is 0 Å². The molecule has 0 saturated carbocycles. The van der Waals surface area contributed by atoms with Gasteiger partial charge in [-0.05, 0) is 93.7 Å². The van der Waals surface area contributed by atoms with Crippen LogP contribution in [0, 0.1) is 0 Å². The molecule has 0 heteroatoms. The monoisotopic (exact) mass is 546 g/mol. The van der Waals surface area contributed by atoms with Gasteiger partial charge in [-0.25, -0.2) is 0 Å². The average Bonchev–Trinajstić information content (AvgIpc) is 3.06. The fourth-order valence-electron chi connectivity index (χ4n) is 7.84. The molecule has 8 aromatic carbocycles. The van der Waals surface area contributed by atoms with E-state index in [-0.39, 0.29) is 5.41 Å². The van der Waals surface area contributed by atoms with Crippen LogP contribution in [0.15, 0.2) is 146 Å². The van der Waals surface area contributed by atoms with Crippen molar-refractivity contribution in [1.29, 1.82) is 0 Å². The smallest absolute Gasteiger partial charge is 0.0159 e. The Kier molecular flexibility index (Phi) is 5.05. The quantitative estimate of drug-likeness (QED) is 0.149. The average molecular weight is 547 g/mol. The SMILES string of the molecule is CC1(C)c2ccccc2-c2ccc(-c3c4ccccc4cc4c3ccc3c(-c5ccccc5)cccc34)c3cccc1c23. The van der Waals surface area contributed by atoms with E-state index in [4.69, 9.17) is 0 Å². The molecule has 0 unspecified atom stereocenters. The van der Waals surface area contributed by atoms with Crippen LogP contribution in [0.5, 0.6) is 0 Å². The third-order valence-electron chi connectivity index (χ3n) is 9.86. The lowest BCUT2D eigenvalue weighted by molar-refractivity contribution is 0.645. The first kappa shape index (κ1) is 24.4. The summed E-state index contributed by atoms with van der Waals surface area (Å²) in [5.74, 6) is 0. The Morgan fingerprint density at radius 1 is 0.372 bits per heavy atom. The van der Waals surface area contributed by atoms with E-state index in [1.165, 1.54) is 87.6 Å². The largest absolute Gasteiger partial charge is 0.0622 e. The van der Waals surface area contributed by atoms with Crippen molar-refractivity contribution >= 4 is 43.1 Å². The molecule has 43 heavy (non-hydrogen) atoms. The fourth-order valence-corrected chi connectivity index (χ4v) is 7.84. The zero-order valence-corrected chi connectivity index (χ0v) is 24.4. The van der Waals surface area contributed by atoms with Gasteiger partial charge in [0.1, 0.15) is 0 Å². The van der Waals surface area contributed by atoms with Crippen LogP contribution in [0.2, 0.25) is 0 Å². The van der Waals surface area contributed by atoms with Crippen molar-refractivity contribution in [1.82, 2.24) is 0 Å². The molecule has 0 N–H and O–H groups in total.